The number of nitro benzene ring substituents is 1. The van der Waals surface area contributed by atoms with Crippen LogP contribution in [0.25, 0.3) is 0 Å². The summed E-state index contributed by atoms with van der Waals surface area (Å²) in [6.45, 7) is 5.08. The van der Waals surface area contributed by atoms with Crippen molar-refractivity contribution in [1.82, 2.24) is 5.32 Å². The topological polar surface area (TPSA) is 93.5 Å². The molecule has 1 aromatic carbocycles. The molecule has 1 fully saturated rings. The van der Waals surface area contributed by atoms with Gasteiger partial charge in [-0.15, -0.1) is 0 Å². The van der Waals surface area contributed by atoms with Gasteiger partial charge >= 0.3 is 0 Å². The lowest BCUT2D eigenvalue weighted by Gasteiger charge is -2.38. The maximum absolute atomic E-state index is 11.8. The van der Waals surface area contributed by atoms with Crippen molar-refractivity contribution in [2.75, 3.05) is 25.0 Å². The molecule has 7 heteroatoms. The van der Waals surface area contributed by atoms with Crippen LogP contribution >= 0.6 is 0 Å². The van der Waals surface area contributed by atoms with Crippen LogP contribution in [0.1, 0.15) is 12.5 Å². The Bertz CT molecular complexity index is 540. The van der Waals surface area contributed by atoms with Crippen molar-refractivity contribution in [2.45, 2.75) is 19.4 Å². The average molecular weight is 279 g/mol. The Kier molecular flexibility index (Phi) is 4.01. The molecule has 0 bridgehead atoms. The van der Waals surface area contributed by atoms with E-state index in [0.29, 0.717) is 11.3 Å². The van der Waals surface area contributed by atoms with Gasteiger partial charge in [-0.2, -0.15) is 0 Å². The van der Waals surface area contributed by atoms with Crippen molar-refractivity contribution < 1.29 is 14.5 Å². The Morgan fingerprint density at radius 2 is 2.25 bits per heavy atom. The van der Waals surface area contributed by atoms with E-state index in [2.05, 4.69) is 10.6 Å². The van der Waals surface area contributed by atoms with Gasteiger partial charge in [0, 0.05) is 30.9 Å². The smallest absolute Gasteiger partial charge is 0.269 e. The molecule has 7 nitrogen and oxygen atoms in total. The molecule has 0 aliphatic carbocycles. The van der Waals surface area contributed by atoms with Gasteiger partial charge in [0.05, 0.1) is 10.5 Å². The molecule has 1 heterocycles. The summed E-state index contributed by atoms with van der Waals surface area (Å²) in [5, 5.41) is 16.4. The van der Waals surface area contributed by atoms with E-state index in [1.807, 2.05) is 6.92 Å². The molecule has 2 rings (SSSR count). The summed E-state index contributed by atoms with van der Waals surface area (Å²) in [5.41, 5.74) is 0.928. The van der Waals surface area contributed by atoms with Crippen LogP contribution in [0.4, 0.5) is 11.4 Å². The number of nitro groups is 1. The van der Waals surface area contributed by atoms with E-state index in [1.54, 1.807) is 6.92 Å². The summed E-state index contributed by atoms with van der Waals surface area (Å²) < 4.78 is 5.52. The van der Waals surface area contributed by atoms with Crippen molar-refractivity contribution in [3.05, 3.63) is 33.9 Å². The lowest BCUT2D eigenvalue weighted by Crippen LogP contribution is -2.59. The largest absolute Gasteiger partial charge is 0.363 e. The normalized spacial score (nSPS) is 16.3. The molecule has 1 aliphatic heterocycles. The molecule has 0 unspecified atom stereocenters. The predicted octanol–water partition coefficient (Wildman–Crippen LogP) is 1.22. The molecule has 2 N–H and O–H groups in total. The predicted molar refractivity (Wildman–Crippen MR) is 73.7 cm³/mol. The Labute approximate surface area is 116 Å². The number of carbonyl (C=O) groups excluding carboxylic acids is 1. The van der Waals surface area contributed by atoms with E-state index in [0.717, 1.165) is 13.1 Å². The van der Waals surface area contributed by atoms with Gasteiger partial charge in [-0.05, 0) is 25.5 Å². The van der Waals surface area contributed by atoms with Crippen molar-refractivity contribution in [3.8, 4) is 0 Å². The van der Waals surface area contributed by atoms with E-state index in [9.17, 15) is 14.9 Å². The minimum absolute atomic E-state index is 0.00445. The SMILES string of the molecule is Cc1cc([N+](=O)[O-])ccc1NC(=O)COC1(C)CNC1. The van der Waals surface area contributed by atoms with E-state index >= 15 is 0 Å². The van der Waals surface area contributed by atoms with Crippen LogP contribution in [0, 0.1) is 17.0 Å². The molecule has 108 valence electrons. The molecule has 1 amide bonds. The maximum atomic E-state index is 11.8. The van der Waals surface area contributed by atoms with Crippen molar-refractivity contribution in [1.29, 1.82) is 0 Å². The number of hydrogen-bond donors (Lipinski definition) is 2. The molecular weight excluding hydrogens is 262 g/mol. The summed E-state index contributed by atoms with van der Waals surface area (Å²) in [6.07, 6.45) is 0. The number of nitrogens with one attached hydrogen (secondary N) is 2. The molecule has 0 atom stereocenters. The fourth-order valence-corrected chi connectivity index (χ4v) is 1.91. The lowest BCUT2D eigenvalue weighted by molar-refractivity contribution is -0.384. The lowest BCUT2D eigenvalue weighted by atomic mass is 10.0. The summed E-state index contributed by atoms with van der Waals surface area (Å²) in [5.74, 6) is -0.268. The number of benzene rings is 1. The fraction of sp³-hybridized carbons (Fsp3) is 0.462. The van der Waals surface area contributed by atoms with Gasteiger partial charge in [0.2, 0.25) is 5.91 Å². The molecule has 1 saturated heterocycles. The molecule has 0 saturated carbocycles. The van der Waals surface area contributed by atoms with Gasteiger partial charge in [0.25, 0.3) is 5.69 Å². The third-order valence-corrected chi connectivity index (χ3v) is 3.24. The van der Waals surface area contributed by atoms with Crippen LogP contribution < -0.4 is 10.6 Å². The Hall–Kier alpha value is -1.99. The van der Waals surface area contributed by atoms with Crippen LogP contribution in [-0.4, -0.2) is 36.1 Å². The molecule has 0 aromatic heterocycles. The molecule has 1 aliphatic rings. The zero-order chi connectivity index (χ0) is 14.8. The van der Waals surface area contributed by atoms with E-state index < -0.39 is 4.92 Å². The number of rotatable bonds is 5. The van der Waals surface area contributed by atoms with Crippen LogP contribution in [0.5, 0.6) is 0 Å². The number of anilines is 1. The van der Waals surface area contributed by atoms with E-state index in [1.165, 1.54) is 18.2 Å². The standard InChI is InChI=1S/C13H17N3O4/c1-9-5-10(16(18)19)3-4-11(9)15-12(17)6-20-13(2)7-14-8-13/h3-5,14H,6-8H2,1-2H3,(H,15,17). The highest BCUT2D eigenvalue weighted by Crippen LogP contribution is 2.21. The Morgan fingerprint density at radius 3 is 2.75 bits per heavy atom. The van der Waals surface area contributed by atoms with Crippen LogP contribution in [-0.2, 0) is 9.53 Å². The van der Waals surface area contributed by atoms with Gasteiger partial charge in [0.1, 0.15) is 6.61 Å². The highest BCUT2D eigenvalue weighted by Gasteiger charge is 2.33. The molecular formula is C13H17N3O4. The number of carbonyl (C=O) groups is 1. The Balaban J connectivity index is 1.92. The maximum Gasteiger partial charge on any atom is 0.269 e. The van der Waals surface area contributed by atoms with Gasteiger partial charge in [0.15, 0.2) is 0 Å². The Morgan fingerprint density at radius 1 is 1.55 bits per heavy atom. The molecule has 0 spiro atoms. The number of nitrogens with zero attached hydrogens (tertiary/aromatic N) is 1. The summed E-state index contributed by atoms with van der Waals surface area (Å²) in [4.78, 5) is 21.9. The first kappa shape index (κ1) is 14.4. The highest BCUT2D eigenvalue weighted by atomic mass is 16.6. The molecule has 20 heavy (non-hydrogen) atoms. The number of amides is 1. The zero-order valence-corrected chi connectivity index (χ0v) is 11.4. The van der Waals surface area contributed by atoms with Gasteiger partial charge in [-0.1, -0.05) is 0 Å². The minimum atomic E-state index is -0.466. The quantitative estimate of drug-likeness (QED) is 0.624. The first-order valence-corrected chi connectivity index (χ1v) is 6.29. The second-order valence-electron chi connectivity index (χ2n) is 5.15. The third kappa shape index (κ3) is 3.31. The number of ether oxygens (including phenoxy) is 1. The third-order valence-electron chi connectivity index (χ3n) is 3.24. The van der Waals surface area contributed by atoms with Gasteiger partial charge in [-0.25, -0.2) is 0 Å². The molecule has 0 radical (unpaired) electrons. The van der Waals surface area contributed by atoms with E-state index in [4.69, 9.17) is 4.74 Å². The first-order valence-electron chi connectivity index (χ1n) is 6.29. The van der Waals surface area contributed by atoms with Crippen LogP contribution in [0.3, 0.4) is 0 Å². The van der Waals surface area contributed by atoms with Crippen LogP contribution in [0.2, 0.25) is 0 Å². The van der Waals surface area contributed by atoms with Crippen molar-refractivity contribution >= 4 is 17.3 Å². The summed E-state index contributed by atoms with van der Waals surface area (Å²) >= 11 is 0. The van der Waals surface area contributed by atoms with E-state index in [-0.39, 0.29) is 23.8 Å². The first-order chi connectivity index (χ1) is 9.39. The second kappa shape index (κ2) is 5.56. The summed E-state index contributed by atoms with van der Waals surface area (Å²) in [7, 11) is 0. The number of non-ortho nitro benzene ring substituents is 1. The summed E-state index contributed by atoms with van der Waals surface area (Å²) in [6, 6.07) is 4.31. The van der Waals surface area contributed by atoms with Crippen molar-refractivity contribution in [3.63, 3.8) is 0 Å². The van der Waals surface area contributed by atoms with Gasteiger partial charge < -0.3 is 15.4 Å². The number of hydrogen-bond acceptors (Lipinski definition) is 5. The van der Waals surface area contributed by atoms with Gasteiger partial charge in [-0.3, -0.25) is 14.9 Å². The number of aryl methyl sites for hydroxylation is 1. The average Bonchev–Trinajstić information content (AvgIpc) is 2.36. The minimum Gasteiger partial charge on any atom is -0.363 e. The fourth-order valence-electron chi connectivity index (χ4n) is 1.91. The monoisotopic (exact) mass is 279 g/mol. The molecule has 1 aromatic rings. The van der Waals surface area contributed by atoms with Crippen molar-refractivity contribution in [2.24, 2.45) is 0 Å². The second-order valence-corrected chi connectivity index (χ2v) is 5.15. The highest BCUT2D eigenvalue weighted by molar-refractivity contribution is 5.92. The van der Waals surface area contributed by atoms with Crippen LogP contribution in [0.15, 0.2) is 18.2 Å². The zero-order valence-electron chi connectivity index (χ0n) is 11.4.